The van der Waals surface area contributed by atoms with Crippen LogP contribution in [-0.2, 0) is 23.9 Å². The Bertz CT molecular complexity index is 863. The van der Waals surface area contributed by atoms with Gasteiger partial charge in [0.25, 0.3) is 0 Å². The molecule has 2 fully saturated rings. The molecule has 0 aromatic rings. The molecule has 3 aliphatic carbocycles. The van der Waals surface area contributed by atoms with Crippen LogP contribution in [-0.4, -0.2) is 30.4 Å². The van der Waals surface area contributed by atoms with E-state index >= 15 is 0 Å². The summed E-state index contributed by atoms with van der Waals surface area (Å²) in [7, 11) is 0. The summed E-state index contributed by atoms with van der Waals surface area (Å²) < 4.78 is 11.7. The Labute approximate surface area is 179 Å². The van der Waals surface area contributed by atoms with Crippen LogP contribution in [0.5, 0.6) is 0 Å². The van der Waals surface area contributed by atoms with E-state index in [0.29, 0.717) is 17.6 Å². The fraction of sp³-hybridized carbons (Fsp3) is 0.640. The summed E-state index contributed by atoms with van der Waals surface area (Å²) in [5.41, 5.74) is 1.42. The molecule has 0 amide bonds. The minimum Gasteiger partial charge on any atom is -0.462 e. The predicted octanol–water partition coefficient (Wildman–Crippen LogP) is 4.57. The molecule has 0 spiro atoms. The molecular weight excluding hydrogens is 380 g/mol. The maximum Gasteiger partial charge on any atom is 0.333 e. The first kappa shape index (κ1) is 22.5. The Hall–Kier alpha value is -2.17. The number of esters is 2. The van der Waals surface area contributed by atoms with E-state index in [1.165, 1.54) is 0 Å². The lowest BCUT2D eigenvalue weighted by atomic mass is 9.38. The van der Waals surface area contributed by atoms with Gasteiger partial charge < -0.3 is 9.47 Å². The van der Waals surface area contributed by atoms with Crippen molar-refractivity contribution in [3.8, 4) is 0 Å². The largest absolute Gasteiger partial charge is 0.462 e. The second kappa shape index (κ2) is 7.82. The normalized spacial score (nSPS) is 38.2. The molecule has 5 nitrogen and oxygen atoms in total. The van der Waals surface area contributed by atoms with Crippen LogP contribution >= 0.6 is 0 Å². The van der Waals surface area contributed by atoms with Gasteiger partial charge in [-0.15, -0.1) is 0 Å². The summed E-state index contributed by atoms with van der Waals surface area (Å²) in [6, 6.07) is 0. The van der Waals surface area contributed by atoms with Crippen molar-refractivity contribution in [2.75, 3.05) is 6.61 Å². The number of hydrogen-bond acceptors (Lipinski definition) is 5. The van der Waals surface area contributed by atoms with Crippen molar-refractivity contribution in [1.82, 2.24) is 0 Å². The number of fused-ring (bicyclic) bond motifs is 1. The molecule has 5 heteroatoms. The minimum absolute atomic E-state index is 0.00933. The van der Waals surface area contributed by atoms with E-state index < -0.39 is 11.5 Å². The highest BCUT2D eigenvalue weighted by Gasteiger charge is 2.71. The Kier molecular flexibility index (Phi) is 5.87. The van der Waals surface area contributed by atoms with Crippen LogP contribution in [0.3, 0.4) is 0 Å². The molecule has 0 N–H and O–H groups in total. The van der Waals surface area contributed by atoms with Gasteiger partial charge in [-0.05, 0) is 70.8 Å². The van der Waals surface area contributed by atoms with E-state index in [9.17, 15) is 14.4 Å². The quantitative estimate of drug-likeness (QED) is 0.487. The molecule has 4 bridgehead atoms. The van der Waals surface area contributed by atoms with Crippen LogP contribution in [0, 0.1) is 28.6 Å². The maximum absolute atomic E-state index is 13.0. The van der Waals surface area contributed by atoms with Crippen LogP contribution < -0.4 is 0 Å². The molecule has 0 aliphatic heterocycles. The SMILES string of the molecule is C/C=C(/C)C(=O)OC[C@]1(C)[C@@H]2[C@H]3C(=O)C=C(C)[C@@H]2[C@@]3(C)CC[C@H]1OC(=O)/C(C)=C\C. The van der Waals surface area contributed by atoms with Gasteiger partial charge in [0.2, 0.25) is 0 Å². The van der Waals surface area contributed by atoms with Crippen molar-refractivity contribution in [3.63, 3.8) is 0 Å². The second-order valence-electron chi connectivity index (χ2n) is 9.74. The van der Waals surface area contributed by atoms with Gasteiger partial charge in [0.05, 0.1) is 0 Å². The van der Waals surface area contributed by atoms with Gasteiger partial charge in [-0.1, -0.05) is 31.6 Å². The fourth-order valence-electron chi connectivity index (χ4n) is 6.03. The molecule has 0 saturated heterocycles. The minimum atomic E-state index is -0.635. The van der Waals surface area contributed by atoms with Crippen LogP contribution in [0.2, 0.25) is 0 Å². The lowest BCUT2D eigenvalue weighted by molar-refractivity contribution is -0.192. The number of allylic oxidation sites excluding steroid dienone is 4. The predicted molar refractivity (Wildman–Crippen MR) is 114 cm³/mol. The molecule has 0 aromatic heterocycles. The Balaban J connectivity index is 1.99. The number of rotatable bonds is 5. The van der Waals surface area contributed by atoms with E-state index in [2.05, 4.69) is 6.92 Å². The monoisotopic (exact) mass is 414 g/mol. The second-order valence-corrected chi connectivity index (χ2v) is 9.74. The summed E-state index contributed by atoms with van der Waals surface area (Å²) in [6.07, 6.45) is 6.27. The fourth-order valence-corrected chi connectivity index (χ4v) is 6.03. The molecule has 164 valence electrons. The third-order valence-electron chi connectivity index (χ3n) is 8.02. The number of ketones is 1. The third kappa shape index (κ3) is 3.27. The van der Waals surface area contributed by atoms with Crippen molar-refractivity contribution in [2.45, 2.75) is 67.4 Å². The van der Waals surface area contributed by atoms with Gasteiger partial charge in [-0.25, -0.2) is 9.59 Å². The standard InChI is InChI=1S/C25H34O5/c1-8-14(3)22(27)29-13-25(7)18(30-23(28)15(4)9-2)10-11-24(6)19-16(5)12-17(26)20(24)21(19)25/h8-9,12,18-21H,10-11,13H2,1-7H3/b14-8-,15-9-/t18-,19+,20-,21+,24-,25+/m1/s1. The maximum atomic E-state index is 13.0. The topological polar surface area (TPSA) is 69.7 Å². The van der Waals surface area contributed by atoms with E-state index in [1.54, 1.807) is 45.9 Å². The van der Waals surface area contributed by atoms with Crippen LogP contribution in [0.15, 0.2) is 34.9 Å². The smallest absolute Gasteiger partial charge is 0.333 e. The first-order valence-electron chi connectivity index (χ1n) is 10.9. The van der Waals surface area contributed by atoms with E-state index in [1.807, 2.05) is 13.8 Å². The first-order valence-corrected chi connectivity index (χ1v) is 10.9. The zero-order valence-electron chi connectivity index (χ0n) is 19.2. The molecule has 3 rings (SSSR count). The zero-order valence-corrected chi connectivity index (χ0v) is 19.2. The average molecular weight is 415 g/mol. The molecule has 2 saturated carbocycles. The highest BCUT2D eigenvalue weighted by molar-refractivity contribution is 5.96. The molecular formula is C25H34O5. The first-order chi connectivity index (χ1) is 14.0. The van der Waals surface area contributed by atoms with Crippen molar-refractivity contribution in [2.24, 2.45) is 28.6 Å². The number of hydrogen-bond donors (Lipinski definition) is 0. The molecule has 0 unspecified atom stereocenters. The number of ether oxygens (including phenoxy) is 2. The van der Waals surface area contributed by atoms with Crippen molar-refractivity contribution >= 4 is 17.7 Å². The lowest BCUT2D eigenvalue weighted by Crippen LogP contribution is -2.66. The molecule has 3 aliphatic rings. The van der Waals surface area contributed by atoms with Gasteiger partial charge in [0.15, 0.2) is 5.78 Å². The van der Waals surface area contributed by atoms with E-state index in [4.69, 9.17) is 9.47 Å². The molecule has 0 heterocycles. The highest BCUT2D eigenvalue weighted by Crippen LogP contribution is 2.71. The van der Waals surface area contributed by atoms with Crippen LogP contribution in [0.1, 0.15) is 61.3 Å². The van der Waals surface area contributed by atoms with E-state index in [0.717, 1.165) is 12.0 Å². The highest BCUT2D eigenvalue weighted by atomic mass is 16.6. The Morgan fingerprint density at radius 1 is 1.10 bits per heavy atom. The van der Waals surface area contributed by atoms with Gasteiger partial charge in [-0.3, -0.25) is 4.79 Å². The Morgan fingerprint density at radius 3 is 2.27 bits per heavy atom. The van der Waals surface area contributed by atoms with Gasteiger partial charge in [0.1, 0.15) is 12.7 Å². The molecule has 0 radical (unpaired) electrons. The van der Waals surface area contributed by atoms with Crippen molar-refractivity contribution in [1.29, 1.82) is 0 Å². The summed E-state index contributed by atoms with van der Waals surface area (Å²) >= 11 is 0. The third-order valence-corrected chi connectivity index (χ3v) is 8.02. The Morgan fingerprint density at radius 2 is 1.70 bits per heavy atom. The molecule has 30 heavy (non-hydrogen) atoms. The zero-order chi connectivity index (χ0) is 22.4. The van der Waals surface area contributed by atoms with Gasteiger partial charge in [-0.2, -0.15) is 0 Å². The summed E-state index contributed by atoms with van der Waals surface area (Å²) in [6.45, 7) is 13.4. The molecule has 6 atom stereocenters. The van der Waals surface area contributed by atoms with E-state index in [-0.39, 0.29) is 47.5 Å². The molecule has 0 aromatic carbocycles. The van der Waals surface area contributed by atoms with Gasteiger partial charge >= 0.3 is 11.9 Å². The number of carbonyl (C=O) groups excluding carboxylic acids is 3. The van der Waals surface area contributed by atoms with Crippen molar-refractivity contribution < 1.29 is 23.9 Å². The summed E-state index contributed by atoms with van der Waals surface area (Å²) in [4.78, 5) is 38.0. The van der Waals surface area contributed by atoms with Gasteiger partial charge in [0, 0.05) is 22.5 Å². The van der Waals surface area contributed by atoms with Crippen molar-refractivity contribution in [3.05, 3.63) is 34.9 Å². The summed E-state index contributed by atoms with van der Waals surface area (Å²) in [5, 5.41) is 0. The summed E-state index contributed by atoms with van der Waals surface area (Å²) in [5.74, 6) is -0.463. The average Bonchev–Trinajstić information content (AvgIpc) is 2.85. The number of carbonyl (C=O) groups is 3. The van der Waals surface area contributed by atoms with Crippen LogP contribution in [0.4, 0.5) is 0 Å². The van der Waals surface area contributed by atoms with Crippen LogP contribution in [0.25, 0.3) is 0 Å². The lowest BCUT2D eigenvalue weighted by Gasteiger charge is -2.65.